The number of hydrogen-bond acceptors (Lipinski definition) is 5. The molecule has 0 amide bonds. The molecule has 5 nitrogen and oxygen atoms in total. The molecule has 24 heavy (non-hydrogen) atoms. The van der Waals surface area contributed by atoms with E-state index < -0.39 is 0 Å². The highest BCUT2D eigenvalue weighted by Crippen LogP contribution is 2.37. The number of benzene rings is 2. The van der Waals surface area contributed by atoms with Crippen molar-refractivity contribution in [2.75, 3.05) is 11.9 Å². The van der Waals surface area contributed by atoms with Crippen LogP contribution in [0.25, 0.3) is 22.3 Å². The van der Waals surface area contributed by atoms with Gasteiger partial charge in [-0.15, -0.1) is 0 Å². The van der Waals surface area contributed by atoms with Crippen molar-refractivity contribution >= 4 is 39.9 Å². The maximum absolute atomic E-state index is 10.2. The second kappa shape index (κ2) is 6.81. The second-order valence-corrected chi connectivity index (χ2v) is 6.40. The number of fused-ring (bicyclic) bond motifs is 1. The van der Waals surface area contributed by atoms with E-state index in [0.29, 0.717) is 28.8 Å². The molecule has 0 radical (unpaired) electrons. The second-order valence-electron chi connectivity index (χ2n) is 5.55. The van der Waals surface area contributed by atoms with Crippen molar-refractivity contribution in [3.8, 4) is 17.1 Å². The largest absolute Gasteiger partial charge is 0.506 e. The van der Waals surface area contributed by atoms with E-state index in [-0.39, 0.29) is 16.8 Å². The first kappa shape index (κ1) is 16.8. The van der Waals surface area contributed by atoms with Gasteiger partial charge in [0.05, 0.1) is 16.1 Å². The Kier molecular flexibility index (Phi) is 4.76. The van der Waals surface area contributed by atoms with Gasteiger partial charge >= 0.3 is 0 Å². The molecular formula is C17H16Cl2N4O. The highest BCUT2D eigenvalue weighted by molar-refractivity contribution is 6.36. The number of phenols is 1. The first-order valence-electron chi connectivity index (χ1n) is 7.40. The fourth-order valence-electron chi connectivity index (χ4n) is 2.33. The Morgan fingerprint density at radius 1 is 1.21 bits per heavy atom. The molecule has 0 saturated carbocycles. The van der Waals surface area contributed by atoms with Crippen molar-refractivity contribution in [1.29, 1.82) is 0 Å². The van der Waals surface area contributed by atoms with Gasteiger partial charge in [-0.1, -0.05) is 35.3 Å². The number of para-hydroxylation sites is 1. The van der Waals surface area contributed by atoms with E-state index in [1.807, 2.05) is 31.2 Å². The molecule has 0 aliphatic rings. The molecule has 0 fully saturated rings. The standard InChI is InChI=1S/C17H16Cl2N4O/c1-9(20)8-21-16-11-4-2-3-5-14(11)22-17(23-16)12-6-10(18)7-13(19)15(12)24/h2-7,9,24H,8,20H2,1H3,(H,21,22,23)/t9-/m1/s1. The number of aromatic hydroxyl groups is 1. The van der Waals surface area contributed by atoms with Gasteiger partial charge in [0.25, 0.3) is 0 Å². The fraction of sp³-hybridized carbons (Fsp3) is 0.176. The summed E-state index contributed by atoms with van der Waals surface area (Å²) in [5.41, 5.74) is 6.93. The molecule has 3 aromatic rings. The van der Waals surface area contributed by atoms with Crippen LogP contribution in [0.3, 0.4) is 0 Å². The molecule has 0 bridgehead atoms. The van der Waals surface area contributed by atoms with Crippen molar-refractivity contribution in [1.82, 2.24) is 9.97 Å². The average Bonchev–Trinajstić information content (AvgIpc) is 2.55. The molecule has 0 aliphatic carbocycles. The quantitative estimate of drug-likeness (QED) is 0.651. The summed E-state index contributed by atoms with van der Waals surface area (Å²) in [4.78, 5) is 9.05. The zero-order valence-corrected chi connectivity index (χ0v) is 14.4. The lowest BCUT2D eigenvalue weighted by molar-refractivity contribution is 0.477. The summed E-state index contributed by atoms with van der Waals surface area (Å²) in [5, 5.41) is 14.9. The van der Waals surface area contributed by atoms with Crippen LogP contribution in [0.1, 0.15) is 6.92 Å². The molecule has 4 N–H and O–H groups in total. The maximum atomic E-state index is 10.2. The van der Waals surface area contributed by atoms with Crippen LogP contribution < -0.4 is 11.1 Å². The van der Waals surface area contributed by atoms with Gasteiger partial charge in [-0.25, -0.2) is 9.97 Å². The summed E-state index contributed by atoms with van der Waals surface area (Å²) >= 11 is 12.1. The molecule has 3 rings (SSSR count). The Hall–Kier alpha value is -2.08. The molecular weight excluding hydrogens is 347 g/mol. The molecule has 1 aromatic heterocycles. The lowest BCUT2D eigenvalue weighted by atomic mass is 10.1. The summed E-state index contributed by atoms with van der Waals surface area (Å²) in [7, 11) is 0. The minimum atomic E-state index is -0.102. The smallest absolute Gasteiger partial charge is 0.165 e. The normalized spacial score (nSPS) is 12.3. The molecule has 1 atom stereocenters. The van der Waals surface area contributed by atoms with Crippen LogP contribution >= 0.6 is 23.2 Å². The molecule has 0 saturated heterocycles. The maximum Gasteiger partial charge on any atom is 0.165 e. The molecule has 2 aromatic carbocycles. The number of nitrogens with zero attached hydrogens (tertiary/aromatic N) is 2. The predicted octanol–water partition coefficient (Wildman–Crippen LogP) is 4.07. The third-order valence-electron chi connectivity index (χ3n) is 3.46. The number of nitrogens with two attached hydrogens (primary N) is 1. The Bertz CT molecular complexity index is 899. The summed E-state index contributed by atoms with van der Waals surface area (Å²) in [6.45, 7) is 2.46. The van der Waals surface area contributed by atoms with E-state index in [4.69, 9.17) is 28.9 Å². The first-order valence-corrected chi connectivity index (χ1v) is 8.16. The number of phenolic OH excluding ortho intramolecular Hbond substituents is 1. The zero-order valence-electron chi connectivity index (χ0n) is 12.9. The summed E-state index contributed by atoms with van der Waals surface area (Å²) in [6.07, 6.45) is 0. The van der Waals surface area contributed by atoms with Crippen LogP contribution in [0.4, 0.5) is 5.82 Å². The van der Waals surface area contributed by atoms with Crippen LogP contribution in [0.2, 0.25) is 10.0 Å². The van der Waals surface area contributed by atoms with Gasteiger partial charge in [0, 0.05) is 23.0 Å². The van der Waals surface area contributed by atoms with Gasteiger partial charge in [-0.2, -0.15) is 0 Å². The first-order chi connectivity index (χ1) is 11.5. The SMILES string of the molecule is C[C@@H](N)CNc1nc(-c2cc(Cl)cc(Cl)c2O)nc2ccccc12. The number of aromatic nitrogens is 2. The van der Waals surface area contributed by atoms with Crippen LogP contribution in [-0.2, 0) is 0 Å². The van der Waals surface area contributed by atoms with E-state index >= 15 is 0 Å². The molecule has 7 heteroatoms. The molecule has 0 unspecified atom stereocenters. The summed E-state index contributed by atoms with van der Waals surface area (Å²) in [6, 6.07) is 10.6. The van der Waals surface area contributed by atoms with Crippen molar-refractivity contribution in [3.05, 3.63) is 46.4 Å². The van der Waals surface area contributed by atoms with E-state index in [1.54, 1.807) is 6.07 Å². The Morgan fingerprint density at radius 2 is 1.96 bits per heavy atom. The van der Waals surface area contributed by atoms with Gasteiger partial charge in [-0.05, 0) is 31.2 Å². The van der Waals surface area contributed by atoms with Gasteiger partial charge < -0.3 is 16.2 Å². The highest BCUT2D eigenvalue weighted by atomic mass is 35.5. The van der Waals surface area contributed by atoms with Gasteiger partial charge in [0.1, 0.15) is 11.6 Å². The van der Waals surface area contributed by atoms with Crippen LogP contribution in [0, 0.1) is 0 Å². The topological polar surface area (TPSA) is 84.1 Å². The molecule has 124 valence electrons. The van der Waals surface area contributed by atoms with Gasteiger partial charge in [0.2, 0.25) is 0 Å². The molecule has 1 heterocycles. The minimum Gasteiger partial charge on any atom is -0.506 e. The number of nitrogens with one attached hydrogen (secondary N) is 1. The van der Waals surface area contributed by atoms with Crippen molar-refractivity contribution < 1.29 is 5.11 Å². The fourth-order valence-corrected chi connectivity index (χ4v) is 2.82. The van der Waals surface area contributed by atoms with Crippen molar-refractivity contribution in [3.63, 3.8) is 0 Å². The monoisotopic (exact) mass is 362 g/mol. The third kappa shape index (κ3) is 3.38. The zero-order chi connectivity index (χ0) is 17.3. The van der Waals surface area contributed by atoms with Gasteiger partial charge in [0.15, 0.2) is 5.82 Å². The number of hydrogen-bond donors (Lipinski definition) is 3. The Balaban J connectivity index is 2.19. The van der Waals surface area contributed by atoms with E-state index in [0.717, 1.165) is 10.9 Å². The molecule has 0 aliphatic heterocycles. The van der Waals surface area contributed by atoms with Crippen LogP contribution in [0.5, 0.6) is 5.75 Å². The average molecular weight is 363 g/mol. The van der Waals surface area contributed by atoms with Crippen LogP contribution in [0.15, 0.2) is 36.4 Å². The Labute approximate surface area is 149 Å². The third-order valence-corrected chi connectivity index (χ3v) is 3.97. The van der Waals surface area contributed by atoms with E-state index in [9.17, 15) is 5.11 Å². The van der Waals surface area contributed by atoms with E-state index in [1.165, 1.54) is 6.07 Å². The molecule has 0 spiro atoms. The summed E-state index contributed by atoms with van der Waals surface area (Å²) < 4.78 is 0. The summed E-state index contributed by atoms with van der Waals surface area (Å²) in [5.74, 6) is 0.876. The number of anilines is 1. The number of halogens is 2. The lowest BCUT2D eigenvalue weighted by Crippen LogP contribution is -2.25. The van der Waals surface area contributed by atoms with Crippen molar-refractivity contribution in [2.24, 2.45) is 5.73 Å². The lowest BCUT2D eigenvalue weighted by Gasteiger charge is -2.13. The van der Waals surface area contributed by atoms with E-state index in [2.05, 4.69) is 15.3 Å². The van der Waals surface area contributed by atoms with Crippen LogP contribution in [-0.4, -0.2) is 27.7 Å². The minimum absolute atomic E-state index is 0.0313. The van der Waals surface area contributed by atoms with Gasteiger partial charge in [-0.3, -0.25) is 0 Å². The van der Waals surface area contributed by atoms with Crippen molar-refractivity contribution in [2.45, 2.75) is 13.0 Å². The predicted molar refractivity (Wildman–Crippen MR) is 98.8 cm³/mol. The number of rotatable bonds is 4. The Morgan fingerprint density at radius 3 is 2.71 bits per heavy atom. The highest BCUT2D eigenvalue weighted by Gasteiger charge is 2.15.